The van der Waals surface area contributed by atoms with Crippen molar-refractivity contribution in [1.29, 1.82) is 0 Å². The average Bonchev–Trinajstić information content (AvgIpc) is 2.41. The Hall–Kier alpha value is -0.450. The first kappa shape index (κ1) is 15.9. The number of hydrogen-bond acceptors (Lipinski definition) is 2. The second kappa shape index (κ2) is 7.01. The molecule has 0 aromatic heterocycles. The van der Waals surface area contributed by atoms with Gasteiger partial charge < -0.3 is 5.73 Å². The Morgan fingerprint density at radius 3 is 2.55 bits per heavy atom. The van der Waals surface area contributed by atoms with E-state index in [4.69, 9.17) is 5.73 Å². The lowest BCUT2D eigenvalue weighted by Gasteiger charge is -2.39. The summed E-state index contributed by atoms with van der Waals surface area (Å²) in [6, 6.07) is 6.23. The second-order valence-corrected chi connectivity index (χ2v) is 6.60. The van der Waals surface area contributed by atoms with Gasteiger partial charge in [0.15, 0.2) is 0 Å². The Labute approximate surface area is 129 Å². The number of rotatable bonds is 4. The number of benzene rings is 1. The molecule has 112 valence electrons. The molecule has 1 saturated carbocycles. The van der Waals surface area contributed by atoms with E-state index in [2.05, 4.69) is 34.7 Å². The molecule has 0 radical (unpaired) electrons. The minimum Gasteiger partial charge on any atom is -0.328 e. The predicted molar refractivity (Wildman–Crippen MR) is 85.1 cm³/mol. The fourth-order valence-corrected chi connectivity index (χ4v) is 3.98. The predicted octanol–water partition coefficient (Wildman–Crippen LogP) is 4.24. The first-order chi connectivity index (χ1) is 9.52. The molecular weight excluding hydrogens is 319 g/mol. The van der Waals surface area contributed by atoms with E-state index in [1.165, 1.54) is 0 Å². The van der Waals surface area contributed by atoms with Crippen LogP contribution in [0.3, 0.4) is 0 Å². The van der Waals surface area contributed by atoms with E-state index in [1.807, 2.05) is 6.07 Å². The molecule has 2 rings (SSSR count). The Balaban J connectivity index is 2.14. The van der Waals surface area contributed by atoms with Crippen LogP contribution in [0.25, 0.3) is 0 Å². The first-order valence-electron chi connectivity index (χ1n) is 7.49. The minimum absolute atomic E-state index is 0.195. The molecule has 1 unspecified atom stereocenters. The molecular formula is C16H24BrFN2. The van der Waals surface area contributed by atoms with Crippen molar-refractivity contribution >= 4 is 15.9 Å². The van der Waals surface area contributed by atoms with Crippen LogP contribution in [0.15, 0.2) is 22.7 Å². The highest BCUT2D eigenvalue weighted by Crippen LogP contribution is 2.33. The summed E-state index contributed by atoms with van der Waals surface area (Å²) in [5, 5.41) is 0. The number of hydrogen-bond donors (Lipinski definition) is 1. The van der Waals surface area contributed by atoms with Crippen molar-refractivity contribution in [2.45, 2.75) is 57.7 Å². The highest BCUT2D eigenvalue weighted by atomic mass is 79.9. The summed E-state index contributed by atoms with van der Waals surface area (Å²) in [4.78, 5) is 2.52. The molecule has 1 fully saturated rings. The lowest BCUT2D eigenvalue weighted by atomic mass is 9.89. The SMILES string of the molecule is CCN(C1CCC(N)CC1)C(C)c1ccc(F)cc1Br. The van der Waals surface area contributed by atoms with Gasteiger partial charge in [-0.2, -0.15) is 0 Å². The molecule has 20 heavy (non-hydrogen) atoms. The number of nitrogens with two attached hydrogens (primary N) is 1. The maximum Gasteiger partial charge on any atom is 0.124 e. The van der Waals surface area contributed by atoms with Gasteiger partial charge in [0.1, 0.15) is 5.82 Å². The number of halogens is 2. The van der Waals surface area contributed by atoms with Gasteiger partial charge in [0.2, 0.25) is 0 Å². The zero-order chi connectivity index (χ0) is 14.7. The van der Waals surface area contributed by atoms with Crippen LogP contribution >= 0.6 is 15.9 Å². The third-order valence-electron chi connectivity index (χ3n) is 4.49. The molecule has 0 amide bonds. The smallest absolute Gasteiger partial charge is 0.124 e. The fourth-order valence-electron chi connectivity index (χ4n) is 3.30. The van der Waals surface area contributed by atoms with Crippen LogP contribution in [0.2, 0.25) is 0 Å². The zero-order valence-electron chi connectivity index (χ0n) is 12.3. The van der Waals surface area contributed by atoms with Crippen LogP contribution in [0.1, 0.15) is 51.1 Å². The Bertz CT molecular complexity index is 444. The van der Waals surface area contributed by atoms with Crippen LogP contribution in [0, 0.1) is 5.82 Å². The largest absolute Gasteiger partial charge is 0.328 e. The van der Waals surface area contributed by atoms with E-state index in [9.17, 15) is 4.39 Å². The highest BCUT2D eigenvalue weighted by Gasteiger charge is 2.27. The average molecular weight is 343 g/mol. The molecule has 1 atom stereocenters. The van der Waals surface area contributed by atoms with E-state index in [1.54, 1.807) is 12.1 Å². The van der Waals surface area contributed by atoms with Gasteiger partial charge in [-0.3, -0.25) is 4.90 Å². The molecule has 1 aliphatic carbocycles. The molecule has 2 nitrogen and oxygen atoms in total. The summed E-state index contributed by atoms with van der Waals surface area (Å²) >= 11 is 3.49. The van der Waals surface area contributed by atoms with Crippen LogP contribution in [-0.4, -0.2) is 23.5 Å². The van der Waals surface area contributed by atoms with Crippen molar-refractivity contribution < 1.29 is 4.39 Å². The quantitative estimate of drug-likeness (QED) is 0.886. The highest BCUT2D eigenvalue weighted by molar-refractivity contribution is 9.10. The molecule has 0 spiro atoms. The third kappa shape index (κ3) is 3.60. The lowest BCUT2D eigenvalue weighted by molar-refractivity contribution is 0.114. The summed E-state index contributed by atoms with van der Waals surface area (Å²) < 4.78 is 14.1. The van der Waals surface area contributed by atoms with Crippen LogP contribution in [-0.2, 0) is 0 Å². The molecule has 0 bridgehead atoms. The van der Waals surface area contributed by atoms with Crippen molar-refractivity contribution in [2.75, 3.05) is 6.54 Å². The Morgan fingerprint density at radius 2 is 2.00 bits per heavy atom. The maximum atomic E-state index is 13.2. The van der Waals surface area contributed by atoms with Gasteiger partial charge in [0.25, 0.3) is 0 Å². The number of nitrogens with zero attached hydrogens (tertiary/aromatic N) is 1. The van der Waals surface area contributed by atoms with E-state index in [0.717, 1.165) is 42.3 Å². The van der Waals surface area contributed by atoms with Crippen molar-refractivity contribution in [3.63, 3.8) is 0 Å². The molecule has 4 heteroatoms. The van der Waals surface area contributed by atoms with Gasteiger partial charge >= 0.3 is 0 Å². The fraction of sp³-hybridized carbons (Fsp3) is 0.625. The standard InChI is InChI=1S/C16H24BrFN2/c1-3-20(14-7-5-13(19)6-8-14)11(2)15-9-4-12(18)10-16(15)17/h4,9-11,13-14H,3,5-8,19H2,1-2H3. The molecule has 0 saturated heterocycles. The van der Waals surface area contributed by atoms with Gasteiger partial charge in [-0.25, -0.2) is 4.39 Å². The summed E-state index contributed by atoms with van der Waals surface area (Å²) in [6.07, 6.45) is 4.55. The molecule has 1 aliphatic rings. The summed E-state index contributed by atoms with van der Waals surface area (Å²) in [5.41, 5.74) is 7.15. The van der Waals surface area contributed by atoms with E-state index in [-0.39, 0.29) is 11.9 Å². The maximum absolute atomic E-state index is 13.2. The monoisotopic (exact) mass is 342 g/mol. The second-order valence-electron chi connectivity index (χ2n) is 5.74. The van der Waals surface area contributed by atoms with Gasteiger partial charge in [-0.05, 0) is 56.8 Å². The zero-order valence-corrected chi connectivity index (χ0v) is 13.9. The van der Waals surface area contributed by atoms with Crippen LogP contribution < -0.4 is 5.73 Å². The third-order valence-corrected chi connectivity index (χ3v) is 5.17. The Kier molecular flexibility index (Phi) is 5.58. The van der Waals surface area contributed by atoms with Crippen molar-refractivity contribution in [2.24, 2.45) is 5.73 Å². The lowest BCUT2D eigenvalue weighted by Crippen LogP contribution is -2.42. The van der Waals surface area contributed by atoms with Gasteiger partial charge in [0.05, 0.1) is 0 Å². The van der Waals surface area contributed by atoms with Gasteiger partial charge in [0, 0.05) is 22.6 Å². The van der Waals surface area contributed by atoms with Crippen LogP contribution in [0.4, 0.5) is 4.39 Å². The van der Waals surface area contributed by atoms with Gasteiger partial charge in [-0.15, -0.1) is 0 Å². The van der Waals surface area contributed by atoms with Crippen molar-refractivity contribution in [3.05, 3.63) is 34.1 Å². The molecule has 1 aromatic rings. The van der Waals surface area contributed by atoms with Crippen molar-refractivity contribution in [1.82, 2.24) is 4.90 Å². The first-order valence-corrected chi connectivity index (χ1v) is 8.28. The minimum atomic E-state index is -0.195. The summed E-state index contributed by atoms with van der Waals surface area (Å²) in [5.74, 6) is -0.195. The molecule has 0 heterocycles. The van der Waals surface area contributed by atoms with Gasteiger partial charge in [-0.1, -0.05) is 28.9 Å². The topological polar surface area (TPSA) is 29.3 Å². The summed E-state index contributed by atoms with van der Waals surface area (Å²) in [6.45, 7) is 5.41. The molecule has 2 N–H and O–H groups in total. The van der Waals surface area contributed by atoms with Crippen molar-refractivity contribution in [3.8, 4) is 0 Å². The normalized spacial score (nSPS) is 24.9. The van der Waals surface area contributed by atoms with E-state index in [0.29, 0.717) is 12.1 Å². The molecule has 1 aromatic carbocycles. The Morgan fingerprint density at radius 1 is 1.35 bits per heavy atom. The van der Waals surface area contributed by atoms with E-state index < -0.39 is 0 Å². The molecule has 0 aliphatic heterocycles. The summed E-state index contributed by atoms with van der Waals surface area (Å²) in [7, 11) is 0. The van der Waals surface area contributed by atoms with Crippen LogP contribution in [0.5, 0.6) is 0 Å². The van der Waals surface area contributed by atoms with E-state index >= 15 is 0 Å².